The Balaban J connectivity index is 1.27. The summed E-state index contributed by atoms with van der Waals surface area (Å²) >= 11 is 0. The maximum absolute atomic E-state index is 5.95. The van der Waals surface area contributed by atoms with Crippen molar-refractivity contribution in [2.45, 2.75) is 6.10 Å². The molecule has 3 aromatic rings. The van der Waals surface area contributed by atoms with Gasteiger partial charge in [0.15, 0.2) is 23.0 Å². The van der Waals surface area contributed by atoms with Crippen LogP contribution in [0.3, 0.4) is 0 Å². The number of hydrogen-bond donors (Lipinski definition) is 2. The van der Waals surface area contributed by atoms with Crippen LogP contribution in [-0.2, 0) is 0 Å². The maximum atomic E-state index is 5.95. The van der Waals surface area contributed by atoms with Gasteiger partial charge in [0.05, 0.1) is 12.6 Å². The third-order valence-electron chi connectivity index (χ3n) is 4.33. The number of ether oxygens (including phenoxy) is 4. The molecule has 1 atom stereocenters. The fraction of sp³-hybridized carbons (Fsp3) is 0.300. The molecule has 4 rings (SSSR count). The van der Waals surface area contributed by atoms with E-state index < -0.39 is 0 Å². The third kappa shape index (κ3) is 3.41. The monoisotopic (exact) mass is 354 g/mol. The second kappa shape index (κ2) is 7.58. The summed E-state index contributed by atoms with van der Waals surface area (Å²) in [6.07, 6.45) is 1.89. The molecule has 6 nitrogen and oxygen atoms in total. The lowest BCUT2D eigenvalue weighted by atomic mass is 10.2. The van der Waals surface area contributed by atoms with Crippen LogP contribution in [0.1, 0.15) is 0 Å². The molecular weight excluding hydrogens is 332 g/mol. The van der Waals surface area contributed by atoms with Crippen molar-refractivity contribution in [3.63, 3.8) is 0 Å². The fourth-order valence-electron chi connectivity index (χ4n) is 3.04. The van der Waals surface area contributed by atoms with Gasteiger partial charge in [-0.1, -0.05) is 12.1 Å². The van der Waals surface area contributed by atoms with E-state index in [-0.39, 0.29) is 6.10 Å². The number of aromatic amines is 1. The molecule has 0 aliphatic carbocycles. The van der Waals surface area contributed by atoms with Gasteiger partial charge in [-0.25, -0.2) is 0 Å². The zero-order valence-electron chi connectivity index (χ0n) is 14.7. The molecule has 0 saturated carbocycles. The van der Waals surface area contributed by atoms with Gasteiger partial charge in [-0.2, -0.15) is 0 Å². The molecule has 2 aromatic carbocycles. The Morgan fingerprint density at radius 2 is 2.04 bits per heavy atom. The van der Waals surface area contributed by atoms with E-state index in [0.29, 0.717) is 26.3 Å². The number of methoxy groups -OCH3 is 1. The van der Waals surface area contributed by atoms with Gasteiger partial charge >= 0.3 is 0 Å². The summed E-state index contributed by atoms with van der Waals surface area (Å²) in [4.78, 5) is 3.20. The van der Waals surface area contributed by atoms with Crippen molar-refractivity contribution in [2.24, 2.45) is 0 Å². The Bertz CT molecular complexity index is 877. The van der Waals surface area contributed by atoms with Gasteiger partial charge in [-0.3, -0.25) is 0 Å². The van der Waals surface area contributed by atoms with Gasteiger partial charge in [-0.05, 0) is 30.3 Å². The molecular formula is C20H22N2O4. The van der Waals surface area contributed by atoms with Crippen molar-refractivity contribution in [1.29, 1.82) is 0 Å². The molecule has 1 aromatic heterocycles. The number of para-hydroxylation sites is 2. The van der Waals surface area contributed by atoms with E-state index in [1.165, 1.54) is 0 Å². The SMILES string of the molecule is COc1ccc2cc[nH]c2c1OCCNC[C@H]1COc2ccccc2O1. The van der Waals surface area contributed by atoms with Crippen molar-refractivity contribution in [1.82, 2.24) is 10.3 Å². The van der Waals surface area contributed by atoms with E-state index >= 15 is 0 Å². The van der Waals surface area contributed by atoms with Gasteiger partial charge in [0, 0.05) is 24.7 Å². The van der Waals surface area contributed by atoms with Gasteiger partial charge < -0.3 is 29.2 Å². The molecule has 0 spiro atoms. The minimum atomic E-state index is -0.00808. The second-order valence-electron chi connectivity index (χ2n) is 6.09. The standard InChI is InChI=1S/C20H22N2O4/c1-23-18-7-6-14-8-9-22-19(14)20(18)24-11-10-21-12-15-13-25-16-4-2-3-5-17(16)26-15/h2-9,15,21-22H,10-13H2,1H3/t15-/m0/s1. The van der Waals surface area contributed by atoms with Crippen molar-refractivity contribution >= 4 is 10.9 Å². The van der Waals surface area contributed by atoms with E-state index in [4.69, 9.17) is 18.9 Å². The highest BCUT2D eigenvalue weighted by Crippen LogP contribution is 2.34. The van der Waals surface area contributed by atoms with Crippen molar-refractivity contribution in [3.8, 4) is 23.0 Å². The molecule has 26 heavy (non-hydrogen) atoms. The molecule has 0 saturated heterocycles. The van der Waals surface area contributed by atoms with Crippen LogP contribution in [0.4, 0.5) is 0 Å². The first-order chi connectivity index (χ1) is 12.8. The van der Waals surface area contributed by atoms with E-state index in [1.54, 1.807) is 7.11 Å². The van der Waals surface area contributed by atoms with Crippen LogP contribution < -0.4 is 24.3 Å². The summed E-state index contributed by atoms with van der Waals surface area (Å²) in [6.45, 7) is 2.46. The largest absolute Gasteiger partial charge is 0.493 e. The fourth-order valence-corrected chi connectivity index (χ4v) is 3.04. The molecule has 0 unspecified atom stereocenters. The second-order valence-corrected chi connectivity index (χ2v) is 6.09. The first-order valence-electron chi connectivity index (χ1n) is 8.71. The number of rotatable bonds is 7. The topological polar surface area (TPSA) is 64.7 Å². The van der Waals surface area contributed by atoms with Crippen molar-refractivity contribution < 1.29 is 18.9 Å². The molecule has 2 N–H and O–H groups in total. The zero-order chi connectivity index (χ0) is 17.8. The number of hydrogen-bond acceptors (Lipinski definition) is 5. The molecule has 2 heterocycles. The Hall–Kier alpha value is -2.86. The molecule has 0 bridgehead atoms. The minimum absolute atomic E-state index is 0.00808. The lowest BCUT2D eigenvalue weighted by Gasteiger charge is -2.26. The lowest BCUT2D eigenvalue weighted by Crippen LogP contribution is -2.39. The van der Waals surface area contributed by atoms with Gasteiger partial charge in [-0.15, -0.1) is 0 Å². The number of H-pyrrole nitrogens is 1. The molecule has 136 valence electrons. The molecule has 6 heteroatoms. The van der Waals surface area contributed by atoms with Crippen LogP contribution in [0.2, 0.25) is 0 Å². The Kier molecular flexibility index (Phi) is 4.84. The number of nitrogens with one attached hydrogen (secondary N) is 2. The molecule has 0 radical (unpaired) electrons. The van der Waals surface area contributed by atoms with E-state index in [2.05, 4.69) is 10.3 Å². The minimum Gasteiger partial charge on any atom is -0.493 e. The molecule has 1 aliphatic rings. The Morgan fingerprint density at radius 1 is 1.15 bits per heavy atom. The average molecular weight is 354 g/mol. The Morgan fingerprint density at radius 3 is 2.92 bits per heavy atom. The lowest BCUT2D eigenvalue weighted by molar-refractivity contribution is 0.0897. The zero-order valence-corrected chi connectivity index (χ0v) is 14.7. The number of fused-ring (bicyclic) bond motifs is 2. The van der Waals surface area contributed by atoms with Gasteiger partial charge in [0.1, 0.15) is 19.3 Å². The van der Waals surface area contributed by atoms with Crippen LogP contribution in [0, 0.1) is 0 Å². The quantitative estimate of drug-likeness (QED) is 0.639. The number of benzene rings is 2. The van der Waals surface area contributed by atoms with Crippen LogP contribution in [-0.4, -0.2) is 44.5 Å². The van der Waals surface area contributed by atoms with Crippen LogP contribution in [0.25, 0.3) is 10.9 Å². The predicted molar refractivity (Wildman–Crippen MR) is 99.6 cm³/mol. The molecule has 0 fully saturated rings. The number of aromatic nitrogens is 1. The maximum Gasteiger partial charge on any atom is 0.185 e. The highest BCUT2D eigenvalue weighted by atomic mass is 16.6. The van der Waals surface area contributed by atoms with Gasteiger partial charge in [0.2, 0.25) is 0 Å². The van der Waals surface area contributed by atoms with Crippen molar-refractivity contribution in [2.75, 3.05) is 33.4 Å². The van der Waals surface area contributed by atoms with E-state index in [0.717, 1.165) is 33.9 Å². The van der Waals surface area contributed by atoms with E-state index in [1.807, 2.05) is 48.7 Å². The summed E-state index contributed by atoms with van der Waals surface area (Å²) < 4.78 is 23.0. The highest BCUT2D eigenvalue weighted by Gasteiger charge is 2.20. The van der Waals surface area contributed by atoms with Gasteiger partial charge in [0.25, 0.3) is 0 Å². The summed E-state index contributed by atoms with van der Waals surface area (Å²) in [5.74, 6) is 3.06. The van der Waals surface area contributed by atoms with Crippen LogP contribution >= 0.6 is 0 Å². The normalized spacial score (nSPS) is 15.8. The molecule has 1 aliphatic heterocycles. The predicted octanol–water partition coefficient (Wildman–Crippen LogP) is 2.98. The first-order valence-corrected chi connectivity index (χ1v) is 8.71. The molecule has 0 amide bonds. The first kappa shape index (κ1) is 16.6. The highest BCUT2D eigenvalue weighted by molar-refractivity contribution is 5.87. The van der Waals surface area contributed by atoms with Crippen molar-refractivity contribution in [3.05, 3.63) is 48.7 Å². The summed E-state index contributed by atoms with van der Waals surface area (Å²) in [6, 6.07) is 13.7. The summed E-state index contributed by atoms with van der Waals surface area (Å²) in [5, 5.41) is 4.45. The smallest absolute Gasteiger partial charge is 0.185 e. The third-order valence-corrected chi connectivity index (χ3v) is 4.33. The summed E-state index contributed by atoms with van der Waals surface area (Å²) in [7, 11) is 1.65. The van der Waals surface area contributed by atoms with E-state index in [9.17, 15) is 0 Å². The Labute approximate surface area is 152 Å². The van der Waals surface area contributed by atoms with Crippen LogP contribution in [0.5, 0.6) is 23.0 Å². The summed E-state index contributed by atoms with van der Waals surface area (Å²) in [5.41, 5.74) is 0.949. The van der Waals surface area contributed by atoms with Crippen LogP contribution in [0.15, 0.2) is 48.7 Å². The average Bonchev–Trinajstić information content (AvgIpc) is 3.16.